The smallest absolute Gasteiger partial charge is 0.0994 e. The Morgan fingerprint density at radius 3 is 2.75 bits per heavy atom. The van der Waals surface area contributed by atoms with E-state index in [4.69, 9.17) is 10.00 Å². The molecular formula is C13H16N2O. The molecule has 3 heteroatoms. The molecule has 0 spiro atoms. The maximum Gasteiger partial charge on any atom is 0.0994 e. The molecule has 0 unspecified atom stereocenters. The Morgan fingerprint density at radius 2 is 2.12 bits per heavy atom. The van der Waals surface area contributed by atoms with E-state index in [1.54, 1.807) is 0 Å². The lowest BCUT2D eigenvalue weighted by atomic mass is 10.0. The lowest BCUT2D eigenvalue weighted by Crippen LogP contribution is -2.36. The van der Waals surface area contributed by atoms with Gasteiger partial charge in [-0.15, -0.1) is 0 Å². The fraction of sp³-hybridized carbons (Fsp3) is 0.462. The fourth-order valence-electron chi connectivity index (χ4n) is 2.00. The van der Waals surface area contributed by atoms with Gasteiger partial charge in [-0.3, -0.25) is 0 Å². The first-order valence-electron chi connectivity index (χ1n) is 5.71. The molecule has 0 aliphatic carbocycles. The Hall–Kier alpha value is -1.53. The minimum absolute atomic E-state index is 0.791. The van der Waals surface area contributed by atoms with Crippen molar-refractivity contribution in [2.24, 2.45) is 0 Å². The largest absolute Gasteiger partial charge is 0.378 e. The SMILES string of the molecule is CCc1cc(N2CCOCC2)ccc1C#N. The first-order chi connectivity index (χ1) is 7.85. The van der Waals surface area contributed by atoms with E-state index in [1.807, 2.05) is 12.1 Å². The second-order valence-corrected chi connectivity index (χ2v) is 3.91. The number of morpholine rings is 1. The van der Waals surface area contributed by atoms with Crippen LogP contribution in [-0.2, 0) is 11.2 Å². The summed E-state index contributed by atoms with van der Waals surface area (Å²) in [7, 11) is 0. The molecule has 2 rings (SSSR count). The van der Waals surface area contributed by atoms with E-state index in [2.05, 4.69) is 24.0 Å². The number of nitrogens with zero attached hydrogens (tertiary/aromatic N) is 2. The number of hydrogen-bond donors (Lipinski definition) is 0. The first-order valence-corrected chi connectivity index (χ1v) is 5.71. The zero-order valence-electron chi connectivity index (χ0n) is 9.57. The summed E-state index contributed by atoms with van der Waals surface area (Å²) in [5, 5.41) is 8.97. The van der Waals surface area contributed by atoms with Gasteiger partial charge < -0.3 is 9.64 Å². The van der Waals surface area contributed by atoms with Crippen LogP contribution in [0.3, 0.4) is 0 Å². The highest BCUT2D eigenvalue weighted by atomic mass is 16.5. The van der Waals surface area contributed by atoms with Gasteiger partial charge >= 0.3 is 0 Å². The first kappa shape index (κ1) is 11.0. The molecule has 1 aromatic rings. The molecule has 0 N–H and O–H groups in total. The van der Waals surface area contributed by atoms with Gasteiger partial charge in [-0.2, -0.15) is 5.26 Å². The van der Waals surface area contributed by atoms with Gasteiger partial charge in [0.25, 0.3) is 0 Å². The van der Waals surface area contributed by atoms with Gasteiger partial charge in [0, 0.05) is 18.8 Å². The van der Waals surface area contributed by atoms with E-state index in [0.29, 0.717) is 0 Å². The molecule has 0 aromatic heterocycles. The summed E-state index contributed by atoms with van der Waals surface area (Å²) in [4.78, 5) is 2.31. The Morgan fingerprint density at radius 1 is 1.38 bits per heavy atom. The normalized spacial score (nSPS) is 15.9. The van der Waals surface area contributed by atoms with Crippen LogP contribution in [0.5, 0.6) is 0 Å². The molecule has 0 radical (unpaired) electrons. The number of benzene rings is 1. The third kappa shape index (κ3) is 2.17. The highest BCUT2D eigenvalue weighted by Gasteiger charge is 2.12. The topological polar surface area (TPSA) is 36.3 Å². The predicted molar refractivity (Wildman–Crippen MR) is 63.6 cm³/mol. The van der Waals surface area contributed by atoms with Crippen LogP contribution in [0.1, 0.15) is 18.1 Å². The maximum absolute atomic E-state index is 8.97. The molecule has 0 bridgehead atoms. The van der Waals surface area contributed by atoms with Gasteiger partial charge in [-0.25, -0.2) is 0 Å². The van der Waals surface area contributed by atoms with E-state index >= 15 is 0 Å². The van der Waals surface area contributed by atoms with Crippen LogP contribution in [-0.4, -0.2) is 26.3 Å². The van der Waals surface area contributed by atoms with Crippen molar-refractivity contribution < 1.29 is 4.74 Å². The number of aryl methyl sites for hydroxylation is 1. The quantitative estimate of drug-likeness (QED) is 0.758. The maximum atomic E-state index is 8.97. The second kappa shape index (κ2) is 5.00. The predicted octanol–water partition coefficient (Wildman–Crippen LogP) is 1.96. The zero-order valence-corrected chi connectivity index (χ0v) is 9.57. The highest BCUT2D eigenvalue weighted by Crippen LogP contribution is 2.20. The van der Waals surface area contributed by atoms with Crippen LogP contribution in [0.25, 0.3) is 0 Å². The molecule has 0 amide bonds. The van der Waals surface area contributed by atoms with Gasteiger partial charge in [0.1, 0.15) is 0 Å². The second-order valence-electron chi connectivity index (χ2n) is 3.91. The van der Waals surface area contributed by atoms with Gasteiger partial charge in [0.2, 0.25) is 0 Å². The summed E-state index contributed by atoms with van der Waals surface area (Å²) in [6.07, 6.45) is 0.904. The number of nitriles is 1. The van der Waals surface area contributed by atoms with E-state index in [-0.39, 0.29) is 0 Å². The summed E-state index contributed by atoms with van der Waals surface area (Å²) in [6.45, 7) is 5.55. The summed E-state index contributed by atoms with van der Waals surface area (Å²) in [5.74, 6) is 0. The third-order valence-electron chi connectivity index (χ3n) is 2.97. The number of anilines is 1. The Bertz CT molecular complexity index is 403. The average molecular weight is 216 g/mol. The van der Waals surface area contributed by atoms with E-state index in [1.165, 1.54) is 5.69 Å². The van der Waals surface area contributed by atoms with E-state index in [0.717, 1.165) is 43.9 Å². The van der Waals surface area contributed by atoms with Crippen molar-refractivity contribution in [1.82, 2.24) is 0 Å². The average Bonchev–Trinajstić information content (AvgIpc) is 2.39. The molecule has 0 saturated carbocycles. The standard InChI is InChI=1S/C13H16N2O/c1-2-11-9-13(4-3-12(11)10-14)15-5-7-16-8-6-15/h3-4,9H,2,5-8H2,1H3. The fourth-order valence-corrected chi connectivity index (χ4v) is 2.00. The van der Waals surface area contributed by atoms with Crippen molar-refractivity contribution in [3.05, 3.63) is 29.3 Å². The van der Waals surface area contributed by atoms with Crippen LogP contribution < -0.4 is 4.90 Å². The minimum atomic E-state index is 0.791. The van der Waals surface area contributed by atoms with E-state index in [9.17, 15) is 0 Å². The molecule has 16 heavy (non-hydrogen) atoms. The van der Waals surface area contributed by atoms with Crippen molar-refractivity contribution in [3.63, 3.8) is 0 Å². The molecule has 1 saturated heterocycles. The molecule has 1 fully saturated rings. The van der Waals surface area contributed by atoms with Crippen LogP contribution in [0.15, 0.2) is 18.2 Å². The molecule has 1 aliphatic heterocycles. The molecular weight excluding hydrogens is 200 g/mol. The van der Waals surface area contributed by atoms with Crippen molar-refractivity contribution in [3.8, 4) is 6.07 Å². The zero-order chi connectivity index (χ0) is 11.4. The lowest BCUT2D eigenvalue weighted by Gasteiger charge is -2.29. The molecule has 1 heterocycles. The summed E-state index contributed by atoms with van der Waals surface area (Å²) >= 11 is 0. The van der Waals surface area contributed by atoms with Gasteiger partial charge in [-0.1, -0.05) is 6.92 Å². The van der Waals surface area contributed by atoms with Crippen molar-refractivity contribution in [1.29, 1.82) is 5.26 Å². The number of hydrogen-bond acceptors (Lipinski definition) is 3. The highest BCUT2D eigenvalue weighted by molar-refractivity contribution is 5.54. The van der Waals surface area contributed by atoms with Gasteiger partial charge in [0.05, 0.1) is 24.8 Å². The van der Waals surface area contributed by atoms with Crippen LogP contribution >= 0.6 is 0 Å². The summed E-state index contributed by atoms with van der Waals surface area (Å²) in [5.41, 5.74) is 3.13. The monoisotopic (exact) mass is 216 g/mol. The van der Waals surface area contributed by atoms with Gasteiger partial charge in [-0.05, 0) is 30.2 Å². The number of ether oxygens (including phenoxy) is 1. The Labute approximate surface area is 96.2 Å². The molecule has 3 nitrogen and oxygen atoms in total. The minimum Gasteiger partial charge on any atom is -0.378 e. The van der Waals surface area contributed by atoms with E-state index < -0.39 is 0 Å². The third-order valence-corrected chi connectivity index (χ3v) is 2.97. The molecule has 1 aliphatic rings. The van der Waals surface area contributed by atoms with Gasteiger partial charge in [0.15, 0.2) is 0 Å². The van der Waals surface area contributed by atoms with Crippen molar-refractivity contribution in [2.75, 3.05) is 31.2 Å². The summed E-state index contributed by atoms with van der Waals surface area (Å²) in [6, 6.07) is 8.31. The van der Waals surface area contributed by atoms with Crippen LogP contribution in [0, 0.1) is 11.3 Å². The molecule has 1 aromatic carbocycles. The molecule has 0 atom stereocenters. The Balaban J connectivity index is 2.25. The van der Waals surface area contributed by atoms with Crippen LogP contribution in [0.2, 0.25) is 0 Å². The number of rotatable bonds is 2. The Kier molecular flexibility index (Phi) is 3.43. The summed E-state index contributed by atoms with van der Waals surface area (Å²) < 4.78 is 5.33. The molecule has 84 valence electrons. The van der Waals surface area contributed by atoms with Crippen molar-refractivity contribution >= 4 is 5.69 Å². The van der Waals surface area contributed by atoms with Crippen molar-refractivity contribution in [2.45, 2.75) is 13.3 Å². The lowest BCUT2D eigenvalue weighted by molar-refractivity contribution is 0.122. The van der Waals surface area contributed by atoms with Crippen LogP contribution in [0.4, 0.5) is 5.69 Å².